The monoisotopic (exact) mass is 419 g/mol. The number of amides is 1. The number of aliphatic carboxylic acids is 1. The van der Waals surface area contributed by atoms with Crippen molar-refractivity contribution in [3.8, 4) is 0 Å². The highest BCUT2D eigenvalue weighted by atomic mass is 32.2. The van der Waals surface area contributed by atoms with Crippen molar-refractivity contribution >= 4 is 21.7 Å². The fourth-order valence-electron chi connectivity index (χ4n) is 1.96. The van der Waals surface area contributed by atoms with Crippen molar-refractivity contribution in [2.45, 2.75) is 22.9 Å². The highest BCUT2D eigenvalue weighted by Gasteiger charge is 2.41. The maximum absolute atomic E-state index is 13.0. The largest absolute Gasteiger partial charge is 0.481 e. The lowest BCUT2D eigenvalue weighted by atomic mass is 10.1. The second-order valence-electron chi connectivity index (χ2n) is 4.76. The van der Waals surface area contributed by atoms with E-state index in [4.69, 9.17) is 20.7 Å². The van der Waals surface area contributed by atoms with Gasteiger partial charge in [-0.15, -0.1) is 0 Å². The van der Waals surface area contributed by atoms with Crippen LogP contribution in [0, 0.1) is 5.92 Å². The summed E-state index contributed by atoms with van der Waals surface area (Å²) in [6.07, 6.45) is -6.18. The summed E-state index contributed by atoms with van der Waals surface area (Å²) < 4.78 is 63.7. The molecule has 0 spiro atoms. The highest BCUT2D eigenvalue weighted by Crippen LogP contribution is 2.35. The van der Waals surface area contributed by atoms with E-state index in [1.165, 1.54) is 5.48 Å². The number of hydroxylamine groups is 2. The Morgan fingerprint density at radius 3 is 2.07 bits per heavy atom. The van der Waals surface area contributed by atoms with E-state index in [2.05, 4.69) is 5.90 Å². The van der Waals surface area contributed by atoms with Crippen LogP contribution in [-0.4, -0.2) is 46.4 Å². The van der Waals surface area contributed by atoms with Crippen LogP contribution in [0.25, 0.3) is 0 Å². The van der Waals surface area contributed by atoms with E-state index in [0.29, 0.717) is 12.1 Å². The van der Waals surface area contributed by atoms with Gasteiger partial charge in [0.25, 0.3) is 5.91 Å². The molecule has 8 N–H and O–H groups in total. The molecule has 0 aliphatic rings. The molecule has 0 aliphatic carbocycles. The van der Waals surface area contributed by atoms with Gasteiger partial charge in [-0.25, -0.2) is 19.8 Å². The Labute approximate surface area is 150 Å². The fraction of sp³-hybridized carbons (Fsp3) is 0.333. The number of nitrogens with two attached hydrogens (primary N) is 1. The number of sulfone groups is 1. The number of nitrogens with one attached hydrogen (secondary N) is 2. The molecule has 0 fully saturated rings. The molecule has 2 unspecified atom stereocenters. The van der Waals surface area contributed by atoms with Gasteiger partial charge in [0, 0.05) is 6.42 Å². The molecule has 11 nitrogen and oxygen atoms in total. The Morgan fingerprint density at radius 2 is 1.67 bits per heavy atom. The van der Waals surface area contributed by atoms with Crippen LogP contribution >= 0.6 is 0 Å². The lowest BCUT2D eigenvalue weighted by molar-refractivity contribution is -0.150. The zero-order chi connectivity index (χ0) is 21.4. The van der Waals surface area contributed by atoms with Crippen molar-refractivity contribution in [1.82, 2.24) is 11.0 Å². The van der Waals surface area contributed by atoms with E-state index in [1.807, 2.05) is 0 Å². The van der Waals surface area contributed by atoms with Crippen LogP contribution in [0.15, 0.2) is 29.2 Å². The van der Waals surface area contributed by atoms with Gasteiger partial charge in [0.1, 0.15) is 11.3 Å². The number of carboxylic acid groups (broad SMARTS) is 1. The Bertz CT molecular complexity index is 757. The SMILES string of the molecule is NO.O=C(O)C(CC(NO)S(=O)(=O)c1ccccc1C(F)(F)F)C(=O)NO. The first-order valence-electron chi connectivity index (χ1n) is 6.69. The fourth-order valence-corrected chi connectivity index (χ4v) is 3.61. The predicted octanol–water partition coefficient (Wildman–Crippen LogP) is -0.285. The molecule has 27 heavy (non-hydrogen) atoms. The maximum Gasteiger partial charge on any atom is 0.417 e. The first kappa shape index (κ1) is 24.7. The number of alkyl halides is 3. The van der Waals surface area contributed by atoms with Crippen LogP contribution in [-0.2, 0) is 25.6 Å². The molecule has 1 amide bonds. The smallest absolute Gasteiger partial charge is 0.417 e. The third kappa shape index (κ3) is 6.12. The Hall–Kier alpha value is -2.30. The number of carbonyl (C=O) groups is 2. The van der Waals surface area contributed by atoms with Gasteiger partial charge in [-0.2, -0.15) is 18.7 Å². The summed E-state index contributed by atoms with van der Waals surface area (Å²) in [6.45, 7) is 0. The molecule has 0 heterocycles. The summed E-state index contributed by atoms with van der Waals surface area (Å²) in [5, 5.41) is 30.6. The molecule has 0 saturated heterocycles. The molecule has 0 aromatic heterocycles. The number of benzene rings is 1. The molecular weight excluding hydrogens is 403 g/mol. The maximum atomic E-state index is 13.0. The minimum absolute atomic E-state index is 0.496. The van der Waals surface area contributed by atoms with Crippen molar-refractivity contribution < 1.29 is 51.9 Å². The summed E-state index contributed by atoms with van der Waals surface area (Å²) >= 11 is 0. The minimum atomic E-state index is -5.03. The second-order valence-corrected chi connectivity index (χ2v) is 6.86. The van der Waals surface area contributed by atoms with Crippen LogP contribution in [0.5, 0.6) is 0 Å². The summed E-state index contributed by atoms with van der Waals surface area (Å²) in [7, 11) is -4.94. The van der Waals surface area contributed by atoms with Gasteiger partial charge in [-0.05, 0) is 12.1 Å². The molecule has 0 radical (unpaired) electrons. The van der Waals surface area contributed by atoms with E-state index in [1.54, 1.807) is 0 Å². The normalized spacial score (nSPS) is 13.7. The van der Waals surface area contributed by atoms with Crippen molar-refractivity contribution in [2.24, 2.45) is 11.8 Å². The Balaban J connectivity index is 0.00000326. The molecule has 154 valence electrons. The van der Waals surface area contributed by atoms with Gasteiger partial charge < -0.3 is 15.5 Å². The quantitative estimate of drug-likeness (QED) is 0.175. The number of carboxylic acids is 1. The van der Waals surface area contributed by atoms with Gasteiger partial charge in [-0.3, -0.25) is 14.8 Å². The van der Waals surface area contributed by atoms with E-state index in [-0.39, 0.29) is 0 Å². The van der Waals surface area contributed by atoms with Gasteiger partial charge >= 0.3 is 12.1 Å². The number of halogens is 3. The summed E-state index contributed by atoms with van der Waals surface area (Å²) in [6, 6.07) is 3.08. The number of hydrogen-bond acceptors (Lipinski definition) is 9. The van der Waals surface area contributed by atoms with Crippen molar-refractivity contribution in [1.29, 1.82) is 0 Å². The average Bonchev–Trinajstić information content (AvgIpc) is 2.62. The topological polar surface area (TPSA) is 199 Å². The van der Waals surface area contributed by atoms with Crippen molar-refractivity contribution in [2.75, 3.05) is 0 Å². The van der Waals surface area contributed by atoms with Gasteiger partial charge in [0.05, 0.1) is 10.5 Å². The molecule has 2 atom stereocenters. The lowest BCUT2D eigenvalue weighted by Gasteiger charge is -2.21. The van der Waals surface area contributed by atoms with Crippen molar-refractivity contribution in [3.05, 3.63) is 29.8 Å². The Kier molecular flexibility index (Phi) is 9.28. The third-order valence-corrected chi connectivity index (χ3v) is 5.21. The van der Waals surface area contributed by atoms with Crippen molar-refractivity contribution in [3.63, 3.8) is 0 Å². The molecule has 1 aromatic rings. The van der Waals surface area contributed by atoms with Gasteiger partial charge in [0.2, 0.25) is 0 Å². The molecular formula is C12H16F3N3O8S. The Morgan fingerprint density at radius 1 is 1.15 bits per heavy atom. The van der Waals surface area contributed by atoms with Crippen LogP contribution < -0.4 is 16.9 Å². The molecule has 0 bridgehead atoms. The zero-order valence-corrected chi connectivity index (χ0v) is 14.0. The van der Waals surface area contributed by atoms with E-state index in [0.717, 1.165) is 17.6 Å². The number of carbonyl (C=O) groups excluding carboxylic acids is 1. The molecule has 0 aliphatic heterocycles. The molecule has 15 heteroatoms. The van der Waals surface area contributed by atoms with E-state index >= 15 is 0 Å². The number of hydrogen-bond donors (Lipinski definition) is 7. The predicted molar refractivity (Wildman–Crippen MR) is 79.0 cm³/mol. The van der Waals surface area contributed by atoms with Crippen LogP contribution in [0.1, 0.15) is 12.0 Å². The first-order chi connectivity index (χ1) is 12.5. The zero-order valence-electron chi connectivity index (χ0n) is 13.2. The van der Waals surface area contributed by atoms with Crippen LogP contribution in [0.3, 0.4) is 0 Å². The van der Waals surface area contributed by atoms with Gasteiger partial charge in [0.15, 0.2) is 9.84 Å². The van der Waals surface area contributed by atoms with E-state index < -0.39 is 56.1 Å². The van der Waals surface area contributed by atoms with Crippen LogP contribution in [0.4, 0.5) is 13.2 Å². The average molecular weight is 419 g/mol. The first-order valence-corrected chi connectivity index (χ1v) is 8.23. The lowest BCUT2D eigenvalue weighted by Crippen LogP contribution is -2.43. The molecule has 1 aromatic carbocycles. The van der Waals surface area contributed by atoms with Gasteiger partial charge in [-0.1, -0.05) is 12.1 Å². The summed E-state index contributed by atoms with van der Waals surface area (Å²) in [4.78, 5) is 21.0. The van der Waals surface area contributed by atoms with E-state index in [9.17, 15) is 31.2 Å². The van der Waals surface area contributed by atoms with Crippen LogP contribution in [0.2, 0.25) is 0 Å². The summed E-state index contributed by atoms with van der Waals surface area (Å²) in [5.41, 5.74) is 0.683. The number of rotatable bonds is 7. The standard InChI is InChI=1S/C12H13F3N2O7S.H3NO/c13-12(14,15)7-3-1-2-4-8(7)25(23,24)9(16-21)5-6(11(19)20)10(18)17-22;1-2/h1-4,6,9,16,21-22H,5H2,(H,17,18)(H,19,20);2H,1H2. The molecule has 0 saturated carbocycles. The molecule has 1 rings (SSSR count). The minimum Gasteiger partial charge on any atom is -0.481 e. The third-order valence-electron chi connectivity index (χ3n) is 3.19. The highest BCUT2D eigenvalue weighted by molar-refractivity contribution is 7.92. The summed E-state index contributed by atoms with van der Waals surface area (Å²) in [5.74, 6) is -2.01. The second kappa shape index (κ2) is 10.1.